The number of hydrogen-bond acceptors (Lipinski definition) is 6. The molecule has 9 nitrogen and oxygen atoms in total. The first-order valence-electron chi connectivity index (χ1n) is 11.4. The highest BCUT2D eigenvalue weighted by molar-refractivity contribution is 6.04. The van der Waals surface area contributed by atoms with Crippen molar-refractivity contribution in [2.45, 2.75) is 37.8 Å². The Hall–Kier alpha value is -4.11. The molecule has 0 spiro atoms. The molecule has 4 aromatic heterocycles. The molecule has 170 valence electrons. The van der Waals surface area contributed by atoms with Gasteiger partial charge in [-0.05, 0) is 62.1 Å². The number of aliphatic hydroxyl groups is 1. The van der Waals surface area contributed by atoms with Gasteiger partial charge in [0, 0.05) is 29.6 Å². The SMILES string of the molecule is O=C(Nc1nc2ccccc2n1C1CCC(O)CC1)c1ccnc(-c2cccn3ncnc23)c1. The van der Waals surface area contributed by atoms with Crippen LogP contribution < -0.4 is 5.32 Å². The van der Waals surface area contributed by atoms with Crippen LogP contribution >= 0.6 is 0 Å². The molecule has 2 N–H and O–H groups in total. The van der Waals surface area contributed by atoms with Crippen LogP contribution in [0.3, 0.4) is 0 Å². The number of para-hydroxylation sites is 2. The largest absolute Gasteiger partial charge is 0.393 e. The maximum atomic E-state index is 13.3. The Bertz CT molecular complexity index is 1500. The second kappa shape index (κ2) is 8.35. The van der Waals surface area contributed by atoms with Crippen molar-refractivity contribution < 1.29 is 9.90 Å². The quantitative estimate of drug-likeness (QED) is 0.427. The van der Waals surface area contributed by atoms with Crippen LogP contribution in [0.4, 0.5) is 5.95 Å². The van der Waals surface area contributed by atoms with Crippen LogP contribution in [0.25, 0.3) is 27.9 Å². The highest BCUT2D eigenvalue weighted by atomic mass is 16.3. The van der Waals surface area contributed by atoms with E-state index in [4.69, 9.17) is 4.98 Å². The Labute approximate surface area is 195 Å². The minimum atomic E-state index is -0.260. The molecule has 1 fully saturated rings. The number of imidazole rings is 1. The molecular formula is C25H23N7O2. The topological polar surface area (TPSA) is 110 Å². The molecule has 0 unspecified atom stereocenters. The normalized spacial score (nSPS) is 18.4. The highest BCUT2D eigenvalue weighted by Gasteiger charge is 2.25. The fourth-order valence-corrected chi connectivity index (χ4v) is 4.76. The average molecular weight is 454 g/mol. The van der Waals surface area contributed by atoms with Gasteiger partial charge in [-0.15, -0.1) is 0 Å². The minimum absolute atomic E-state index is 0.171. The zero-order valence-electron chi connectivity index (χ0n) is 18.4. The first-order chi connectivity index (χ1) is 16.7. The van der Waals surface area contributed by atoms with Gasteiger partial charge >= 0.3 is 0 Å². The molecule has 0 atom stereocenters. The van der Waals surface area contributed by atoms with Crippen molar-refractivity contribution >= 4 is 28.5 Å². The van der Waals surface area contributed by atoms with Gasteiger partial charge in [0.2, 0.25) is 5.95 Å². The van der Waals surface area contributed by atoms with Crippen LogP contribution in [0.1, 0.15) is 42.1 Å². The number of fused-ring (bicyclic) bond motifs is 2. The first-order valence-corrected chi connectivity index (χ1v) is 11.4. The number of nitrogens with one attached hydrogen (secondary N) is 1. The molecule has 0 radical (unpaired) electrons. The van der Waals surface area contributed by atoms with E-state index in [1.54, 1.807) is 22.8 Å². The summed E-state index contributed by atoms with van der Waals surface area (Å²) in [5, 5.41) is 17.2. The summed E-state index contributed by atoms with van der Waals surface area (Å²) in [6, 6.07) is 15.3. The van der Waals surface area contributed by atoms with Crippen molar-refractivity contribution in [1.29, 1.82) is 0 Å². The van der Waals surface area contributed by atoms with Crippen LogP contribution in [-0.4, -0.2) is 46.3 Å². The monoisotopic (exact) mass is 453 g/mol. The number of anilines is 1. The smallest absolute Gasteiger partial charge is 0.258 e. The molecule has 0 bridgehead atoms. The fourth-order valence-electron chi connectivity index (χ4n) is 4.76. The molecule has 9 heteroatoms. The maximum Gasteiger partial charge on any atom is 0.258 e. The average Bonchev–Trinajstić information content (AvgIpc) is 3.49. The van der Waals surface area contributed by atoms with Gasteiger partial charge in [-0.1, -0.05) is 12.1 Å². The maximum absolute atomic E-state index is 13.3. The number of carbonyl (C=O) groups is 1. The molecule has 1 amide bonds. The Morgan fingerprint density at radius 3 is 2.76 bits per heavy atom. The zero-order chi connectivity index (χ0) is 23.1. The first kappa shape index (κ1) is 20.5. The van der Waals surface area contributed by atoms with Gasteiger partial charge in [0.15, 0.2) is 5.65 Å². The zero-order valence-corrected chi connectivity index (χ0v) is 18.4. The van der Waals surface area contributed by atoms with Crippen molar-refractivity contribution in [2.75, 3.05) is 5.32 Å². The molecule has 0 saturated heterocycles. The number of aliphatic hydroxyl groups excluding tert-OH is 1. The van der Waals surface area contributed by atoms with Crippen LogP contribution in [-0.2, 0) is 0 Å². The van der Waals surface area contributed by atoms with Crippen molar-refractivity contribution in [2.24, 2.45) is 0 Å². The summed E-state index contributed by atoms with van der Waals surface area (Å²) >= 11 is 0. The van der Waals surface area contributed by atoms with E-state index in [9.17, 15) is 9.90 Å². The third-order valence-corrected chi connectivity index (χ3v) is 6.45. The van der Waals surface area contributed by atoms with Crippen LogP contribution in [0.5, 0.6) is 0 Å². The van der Waals surface area contributed by atoms with Crippen LogP contribution in [0.15, 0.2) is 67.3 Å². The highest BCUT2D eigenvalue weighted by Crippen LogP contribution is 2.34. The van der Waals surface area contributed by atoms with Crippen LogP contribution in [0, 0.1) is 0 Å². The molecule has 1 aliphatic rings. The van der Waals surface area contributed by atoms with Crippen molar-refractivity contribution in [3.63, 3.8) is 0 Å². The van der Waals surface area contributed by atoms with E-state index in [0.717, 1.165) is 42.3 Å². The van der Waals surface area contributed by atoms with Gasteiger partial charge in [0.05, 0.1) is 22.8 Å². The summed E-state index contributed by atoms with van der Waals surface area (Å²) < 4.78 is 3.78. The number of carbonyl (C=O) groups excluding carboxylic acids is 1. The number of nitrogens with zero attached hydrogens (tertiary/aromatic N) is 6. The molecule has 1 aliphatic carbocycles. The Balaban J connectivity index is 1.34. The summed E-state index contributed by atoms with van der Waals surface area (Å²) in [7, 11) is 0. The molecule has 4 heterocycles. The molecule has 5 aromatic rings. The Morgan fingerprint density at radius 2 is 1.88 bits per heavy atom. The van der Waals surface area contributed by atoms with Crippen molar-refractivity contribution in [3.05, 3.63) is 72.8 Å². The molecule has 1 aromatic carbocycles. The second-order valence-corrected chi connectivity index (χ2v) is 8.59. The van der Waals surface area contributed by atoms with Crippen LogP contribution in [0.2, 0.25) is 0 Å². The predicted octanol–water partition coefficient (Wildman–Crippen LogP) is 3.87. The Kier molecular flexibility index (Phi) is 5.03. The van der Waals surface area contributed by atoms with E-state index in [-0.39, 0.29) is 18.1 Å². The van der Waals surface area contributed by atoms with Gasteiger partial charge in [-0.2, -0.15) is 5.10 Å². The van der Waals surface area contributed by atoms with Gasteiger partial charge in [-0.25, -0.2) is 14.5 Å². The van der Waals surface area contributed by atoms with Gasteiger partial charge in [0.25, 0.3) is 5.91 Å². The lowest BCUT2D eigenvalue weighted by atomic mass is 9.93. The van der Waals surface area contributed by atoms with Gasteiger partial charge in [-0.3, -0.25) is 15.1 Å². The minimum Gasteiger partial charge on any atom is -0.393 e. The lowest BCUT2D eigenvalue weighted by molar-refractivity contribution is 0.102. The number of pyridine rings is 2. The number of amides is 1. The van der Waals surface area contributed by atoms with E-state index in [0.29, 0.717) is 22.9 Å². The fraction of sp³-hybridized carbons (Fsp3) is 0.240. The number of benzene rings is 1. The molecular weight excluding hydrogens is 430 g/mol. The molecule has 34 heavy (non-hydrogen) atoms. The van der Waals surface area contributed by atoms with E-state index in [1.165, 1.54) is 6.33 Å². The number of rotatable bonds is 4. The van der Waals surface area contributed by atoms with Gasteiger partial charge < -0.3 is 9.67 Å². The van der Waals surface area contributed by atoms with Crippen molar-refractivity contribution in [3.8, 4) is 11.3 Å². The number of hydrogen-bond donors (Lipinski definition) is 2. The third-order valence-electron chi connectivity index (χ3n) is 6.45. The number of aromatic nitrogens is 6. The second-order valence-electron chi connectivity index (χ2n) is 8.59. The lowest BCUT2D eigenvalue weighted by Crippen LogP contribution is -2.23. The lowest BCUT2D eigenvalue weighted by Gasteiger charge is -2.28. The standard InChI is InChI=1S/C25H23N7O2/c33-18-9-7-17(8-10-18)32-22-6-2-1-5-20(22)29-25(32)30-24(34)16-11-12-26-21(14-16)19-4-3-13-31-23(19)27-15-28-31/h1-6,11-15,17-18,33H,7-10H2,(H,29,30,34). The van der Waals surface area contributed by atoms with E-state index < -0.39 is 0 Å². The van der Waals surface area contributed by atoms with E-state index in [2.05, 4.69) is 25.0 Å². The van der Waals surface area contributed by atoms with Crippen molar-refractivity contribution in [1.82, 2.24) is 29.1 Å². The summed E-state index contributed by atoms with van der Waals surface area (Å²) in [5.74, 6) is 0.259. The van der Waals surface area contributed by atoms with Gasteiger partial charge in [0.1, 0.15) is 6.33 Å². The summed E-state index contributed by atoms with van der Waals surface area (Å²) in [6.45, 7) is 0. The summed E-state index contributed by atoms with van der Waals surface area (Å²) in [4.78, 5) is 26.8. The molecule has 1 saturated carbocycles. The van der Waals surface area contributed by atoms with E-state index >= 15 is 0 Å². The van der Waals surface area contributed by atoms with E-state index in [1.807, 2.05) is 42.6 Å². The predicted molar refractivity (Wildman–Crippen MR) is 127 cm³/mol. The summed E-state index contributed by atoms with van der Waals surface area (Å²) in [5.41, 5.74) is 4.40. The Morgan fingerprint density at radius 1 is 1.03 bits per heavy atom. The molecule has 0 aliphatic heterocycles. The molecule has 6 rings (SSSR count). The third kappa shape index (κ3) is 3.60. The summed E-state index contributed by atoms with van der Waals surface area (Å²) in [6.07, 6.45) is 7.84.